The Morgan fingerprint density at radius 3 is 2.75 bits per heavy atom. The van der Waals surface area contributed by atoms with Crippen molar-refractivity contribution in [2.45, 2.75) is 31.6 Å². The summed E-state index contributed by atoms with van der Waals surface area (Å²) in [4.78, 5) is 38.7. The van der Waals surface area contributed by atoms with Crippen LogP contribution in [0.2, 0.25) is 0 Å². The van der Waals surface area contributed by atoms with Crippen molar-refractivity contribution in [3.8, 4) is 0 Å². The third kappa shape index (κ3) is 4.44. The first-order chi connectivity index (χ1) is 17.2. The molecule has 0 spiro atoms. The van der Waals surface area contributed by atoms with Crippen LogP contribution in [0.4, 0.5) is 18.9 Å². The standard InChI is InChI=1S/C24H19F3N6O3/c25-24(26,27)18-7-12(5-6-28-18)9-30-22(34)21-20-19(31-11-32-21)17(10-29-20)33-16-4-2-13-8-14(23(35)36)1-3-15(13)16/h1,3,5-8,10-11,16,29,33H,2,4,9H2,(H,30,34)(H,35,36). The number of alkyl halides is 3. The maximum absolute atomic E-state index is 12.9. The highest BCUT2D eigenvalue weighted by atomic mass is 19.4. The number of hydrogen-bond donors (Lipinski definition) is 4. The molecule has 36 heavy (non-hydrogen) atoms. The van der Waals surface area contributed by atoms with Gasteiger partial charge in [-0.3, -0.25) is 9.78 Å². The first kappa shape index (κ1) is 23.3. The van der Waals surface area contributed by atoms with E-state index in [0.29, 0.717) is 16.7 Å². The Balaban J connectivity index is 1.33. The van der Waals surface area contributed by atoms with Gasteiger partial charge < -0.3 is 20.7 Å². The Morgan fingerprint density at radius 2 is 1.97 bits per heavy atom. The number of anilines is 1. The zero-order valence-electron chi connectivity index (χ0n) is 18.6. The summed E-state index contributed by atoms with van der Waals surface area (Å²) in [6.45, 7) is -0.140. The lowest BCUT2D eigenvalue weighted by molar-refractivity contribution is -0.141. The summed E-state index contributed by atoms with van der Waals surface area (Å²) in [5.41, 5.74) is 2.97. The van der Waals surface area contributed by atoms with E-state index >= 15 is 0 Å². The van der Waals surface area contributed by atoms with E-state index in [1.165, 1.54) is 12.4 Å². The molecule has 0 aliphatic heterocycles. The predicted molar refractivity (Wildman–Crippen MR) is 122 cm³/mol. The van der Waals surface area contributed by atoms with E-state index in [-0.39, 0.29) is 29.4 Å². The number of carboxylic acids is 1. The number of aryl methyl sites for hydroxylation is 1. The van der Waals surface area contributed by atoms with E-state index in [0.717, 1.165) is 36.2 Å². The quantitative estimate of drug-likeness (QED) is 0.316. The normalized spacial score (nSPS) is 15.0. The lowest BCUT2D eigenvalue weighted by atomic mass is 10.0. The second kappa shape index (κ2) is 8.95. The van der Waals surface area contributed by atoms with Gasteiger partial charge in [0.15, 0.2) is 5.69 Å². The van der Waals surface area contributed by atoms with E-state index in [2.05, 4.69) is 30.6 Å². The highest BCUT2D eigenvalue weighted by Gasteiger charge is 2.32. The first-order valence-electron chi connectivity index (χ1n) is 11.0. The minimum Gasteiger partial charge on any atom is -0.478 e. The highest BCUT2D eigenvalue weighted by Crippen LogP contribution is 2.36. The molecule has 1 atom stereocenters. The van der Waals surface area contributed by atoms with Crippen LogP contribution in [0.3, 0.4) is 0 Å². The van der Waals surface area contributed by atoms with Crippen molar-refractivity contribution >= 4 is 28.6 Å². The number of pyridine rings is 1. The number of nitrogens with zero attached hydrogens (tertiary/aromatic N) is 3. The van der Waals surface area contributed by atoms with Crippen LogP contribution < -0.4 is 10.6 Å². The van der Waals surface area contributed by atoms with Crippen molar-refractivity contribution in [3.63, 3.8) is 0 Å². The number of aromatic carboxylic acids is 1. The molecule has 0 saturated heterocycles. The molecule has 3 heterocycles. The molecule has 4 N–H and O–H groups in total. The van der Waals surface area contributed by atoms with Gasteiger partial charge in [0, 0.05) is 18.9 Å². The summed E-state index contributed by atoms with van der Waals surface area (Å²) in [5.74, 6) is -1.55. The summed E-state index contributed by atoms with van der Waals surface area (Å²) in [5, 5.41) is 15.2. The number of benzene rings is 1. The SMILES string of the molecule is O=C(O)c1ccc2c(c1)CCC2Nc1c[nH]c2c(C(=O)NCc3ccnc(C(F)(F)F)c3)ncnc12. The number of halogens is 3. The average Bonchev–Trinajstić information content (AvgIpc) is 3.46. The molecular weight excluding hydrogens is 477 g/mol. The largest absolute Gasteiger partial charge is 0.478 e. The molecule has 3 aromatic heterocycles. The zero-order chi connectivity index (χ0) is 25.4. The summed E-state index contributed by atoms with van der Waals surface area (Å²) >= 11 is 0. The van der Waals surface area contributed by atoms with Crippen molar-refractivity contribution in [2.24, 2.45) is 0 Å². The maximum Gasteiger partial charge on any atom is 0.433 e. The van der Waals surface area contributed by atoms with Gasteiger partial charge in [0.1, 0.15) is 17.5 Å². The molecule has 4 aromatic rings. The molecule has 1 aliphatic carbocycles. The number of carbonyl (C=O) groups excluding carboxylic acids is 1. The lowest BCUT2D eigenvalue weighted by Gasteiger charge is -2.14. The Kier molecular flexibility index (Phi) is 5.78. The van der Waals surface area contributed by atoms with Crippen molar-refractivity contribution in [2.75, 3.05) is 5.32 Å². The molecule has 1 amide bonds. The van der Waals surface area contributed by atoms with Crippen LogP contribution in [0.1, 0.15) is 55.7 Å². The topological polar surface area (TPSA) is 133 Å². The van der Waals surface area contributed by atoms with Crippen molar-refractivity contribution in [3.05, 3.63) is 82.7 Å². The lowest BCUT2D eigenvalue weighted by Crippen LogP contribution is -2.24. The molecule has 1 unspecified atom stereocenters. The number of carboxylic acid groups (broad SMARTS) is 1. The van der Waals surface area contributed by atoms with Gasteiger partial charge in [-0.25, -0.2) is 14.8 Å². The number of nitrogens with one attached hydrogen (secondary N) is 3. The molecule has 0 saturated carbocycles. The fourth-order valence-electron chi connectivity index (χ4n) is 4.31. The fraction of sp³-hybridized carbons (Fsp3) is 0.208. The van der Waals surface area contributed by atoms with Crippen molar-refractivity contribution < 1.29 is 27.9 Å². The fourth-order valence-corrected chi connectivity index (χ4v) is 4.31. The minimum absolute atomic E-state index is 0.0519. The van der Waals surface area contributed by atoms with Gasteiger partial charge in [-0.15, -0.1) is 0 Å². The minimum atomic E-state index is -4.58. The van der Waals surface area contributed by atoms with Crippen LogP contribution >= 0.6 is 0 Å². The Hall–Kier alpha value is -4.48. The molecule has 1 aromatic carbocycles. The second-order valence-corrected chi connectivity index (χ2v) is 8.33. The summed E-state index contributed by atoms with van der Waals surface area (Å²) < 4.78 is 38.7. The molecule has 0 fully saturated rings. The van der Waals surface area contributed by atoms with E-state index in [9.17, 15) is 27.9 Å². The number of rotatable bonds is 6. The average molecular weight is 496 g/mol. The van der Waals surface area contributed by atoms with Gasteiger partial charge >= 0.3 is 12.1 Å². The highest BCUT2D eigenvalue weighted by molar-refractivity contribution is 6.05. The van der Waals surface area contributed by atoms with Crippen LogP contribution in [0.5, 0.6) is 0 Å². The van der Waals surface area contributed by atoms with E-state index < -0.39 is 23.7 Å². The molecule has 12 heteroatoms. The van der Waals surface area contributed by atoms with Crippen molar-refractivity contribution in [1.29, 1.82) is 0 Å². The zero-order valence-corrected chi connectivity index (χ0v) is 18.6. The summed E-state index contributed by atoms with van der Waals surface area (Å²) in [6.07, 6.45) is 0.856. The molecule has 0 bridgehead atoms. The number of fused-ring (bicyclic) bond motifs is 2. The molecule has 1 aliphatic rings. The van der Waals surface area contributed by atoms with Gasteiger partial charge in [-0.05, 0) is 53.8 Å². The van der Waals surface area contributed by atoms with Gasteiger partial charge in [0.05, 0.1) is 22.8 Å². The Morgan fingerprint density at radius 1 is 1.14 bits per heavy atom. The maximum atomic E-state index is 12.9. The number of aromatic amines is 1. The molecule has 9 nitrogen and oxygen atoms in total. The monoisotopic (exact) mass is 496 g/mol. The van der Waals surface area contributed by atoms with Crippen molar-refractivity contribution in [1.82, 2.24) is 25.3 Å². The van der Waals surface area contributed by atoms with Crippen LogP contribution in [0.25, 0.3) is 11.0 Å². The van der Waals surface area contributed by atoms with Crippen LogP contribution in [0.15, 0.2) is 49.1 Å². The van der Waals surface area contributed by atoms with Gasteiger partial charge in [0.25, 0.3) is 5.91 Å². The molecule has 5 rings (SSSR count). The smallest absolute Gasteiger partial charge is 0.433 e. The number of aromatic nitrogens is 4. The molecular formula is C24H19F3N6O3. The van der Waals surface area contributed by atoms with Gasteiger partial charge in [-0.2, -0.15) is 13.2 Å². The van der Waals surface area contributed by atoms with E-state index in [1.807, 2.05) is 0 Å². The van der Waals surface area contributed by atoms with Crippen LogP contribution in [-0.4, -0.2) is 36.9 Å². The van der Waals surface area contributed by atoms with Gasteiger partial charge in [-0.1, -0.05) is 6.07 Å². The van der Waals surface area contributed by atoms with Gasteiger partial charge in [0.2, 0.25) is 0 Å². The van der Waals surface area contributed by atoms with E-state index in [1.54, 1.807) is 24.4 Å². The number of carbonyl (C=O) groups is 2. The van der Waals surface area contributed by atoms with Crippen LogP contribution in [-0.2, 0) is 19.1 Å². The van der Waals surface area contributed by atoms with Crippen LogP contribution in [0, 0.1) is 0 Å². The number of amides is 1. The third-order valence-electron chi connectivity index (χ3n) is 6.04. The number of H-pyrrole nitrogens is 1. The number of hydrogen-bond acceptors (Lipinski definition) is 6. The predicted octanol–water partition coefficient (Wildman–Crippen LogP) is 4.10. The Labute approximate surface area is 201 Å². The Bertz CT molecular complexity index is 1480. The molecule has 184 valence electrons. The summed E-state index contributed by atoms with van der Waals surface area (Å²) in [7, 11) is 0. The summed E-state index contributed by atoms with van der Waals surface area (Å²) in [6, 6.07) is 7.26. The van der Waals surface area contributed by atoms with E-state index in [4.69, 9.17) is 0 Å². The first-order valence-corrected chi connectivity index (χ1v) is 11.0. The molecule has 0 radical (unpaired) electrons. The second-order valence-electron chi connectivity index (χ2n) is 8.33. The third-order valence-corrected chi connectivity index (χ3v) is 6.04.